The zero-order chi connectivity index (χ0) is 31.5. The predicted octanol–water partition coefficient (Wildman–Crippen LogP) is 11.7. The Balaban J connectivity index is 1.11. The Kier molecular flexibility index (Phi) is 10.4. The molecule has 0 unspecified atom stereocenters. The first kappa shape index (κ1) is 32.9. The number of hydrogen-bond donors (Lipinski definition) is 0. The summed E-state index contributed by atoms with van der Waals surface area (Å²) in [6, 6.07) is 7.36. The molecule has 0 atom stereocenters. The van der Waals surface area contributed by atoms with Gasteiger partial charge >= 0.3 is 12.5 Å². The first-order valence-corrected chi connectivity index (χ1v) is 16.3. The minimum Gasteiger partial charge on any atom is -0.432 e. The summed E-state index contributed by atoms with van der Waals surface area (Å²) in [4.78, 5) is 0. The second-order valence-electron chi connectivity index (χ2n) is 13.3. The van der Waals surface area contributed by atoms with Gasteiger partial charge in [-0.2, -0.15) is 8.78 Å². The van der Waals surface area contributed by atoms with Crippen molar-refractivity contribution in [2.75, 3.05) is 0 Å². The number of benzene rings is 2. The highest BCUT2D eigenvalue weighted by atomic mass is 19.4. The lowest BCUT2D eigenvalue weighted by Gasteiger charge is -2.38. The Bertz CT molecular complexity index is 1220. The van der Waals surface area contributed by atoms with Gasteiger partial charge in [-0.1, -0.05) is 44.7 Å². The summed E-state index contributed by atoms with van der Waals surface area (Å²) < 4.78 is 105. The van der Waals surface area contributed by atoms with Crippen LogP contribution in [0.3, 0.4) is 0 Å². The van der Waals surface area contributed by atoms with Crippen LogP contribution in [0, 0.1) is 35.3 Å². The molecular weight excluding hydrogens is 585 g/mol. The molecule has 0 aromatic heterocycles. The van der Waals surface area contributed by atoms with Crippen molar-refractivity contribution in [3.05, 3.63) is 59.2 Å². The van der Waals surface area contributed by atoms with Gasteiger partial charge in [0.1, 0.15) is 11.6 Å². The molecule has 2 nitrogen and oxygen atoms in total. The molecule has 244 valence electrons. The highest BCUT2D eigenvalue weighted by Gasteiger charge is 2.45. The lowest BCUT2D eigenvalue weighted by Crippen LogP contribution is -2.37. The molecule has 3 saturated carbocycles. The van der Waals surface area contributed by atoms with Crippen molar-refractivity contribution in [1.29, 1.82) is 0 Å². The molecule has 0 aliphatic heterocycles. The molecule has 0 spiro atoms. The molecule has 3 fully saturated rings. The molecule has 0 N–H and O–H groups in total. The van der Waals surface area contributed by atoms with Gasteiger partial charge in [0.05, 0.1) is 5.92 Å². The van der Waals surface area contributed by atoms with Crippen LogP contribution in [-0.4, -0.2) is 12.5 Å². The van der Waals surface area contributed by atoms with E-state index in [4.69, 9.17) is 4.74 Å². The minimum atomic E-state index is -5.11. The number of hydrogen-bond acceptors (Lipinski definition) is 2. The van der Waals surface area contributed by atoms with E-state index in [0.717, 1.165) is 42.2 Å². The lowest BCUT2D eigenvalue weighted by molar-refractivity contribution is -0.275. The van der Waals surface area contributed by atoms with Crippen molar-refractivity contribution in [3.8, 4) is 11.5 Å². The van der Waals surface area contributed by atoms with Gasteiger partial charge in [0.25, 0.3) is 0 Å². The Labute approximate surface area is 255 Å². The highest BCUT2D eigenvalue weighted by molar-refractivity contribution is 5.34. The Morgan fingerprint density at radius 3 is 1.84 bits per heavy atom. The van der Waals surface area contributed by atoms with Gasteiger partial charge in [-0.05, 0) is 123 Å². The van der Waals surface area contributed by atoms with Crippen LogP contribution in [0.5, 0.6) is 11.5 Å². The molecule has 0 amide bonds. The SMILES string of the molecule is CCCC1CCC(C2CCC(c3ccc(C4CCC(C(F)(F)Oc5ccc(OC(F)(F)F)c(F)c5)CC4)c(F)c3)CC2)CC1. The van der Waals surface area contributed by atoms with Crippen molar-refractivity contribution >= 4 is 0 Å². The van der Waals surface area contributed by atoms with E-state index >= 15 is 4.39 Å². The molecule has 2 aromatic carbocycles. The van der Waals surface area contributed by atoms with E-state index in [0.29, 0.717) is 36.5 Å². The average molecular weight is 629 g/mol. The van der Waals surface area contributed by atoms with E-state index in [2.05, 4.69) is 11.7 Å². The normalized spacial score (nSPS) is 28.5. The fourth-order valence-electron chi connectivity index (χ4n) is 8.14. The van der Waals surface area contributed by atoms with Crippen LogP contribution in [0.25, 0.3) is 0 Å². The van der Waals surface area contributed by atoms with E-state index in [1.807, 2.05) is 12.1 Å². The van der Waals surface area contributed by atoms with Gasteiger partial charge in [0.15, 0.2) is 11.6 Å². The van der Waals surface area contributed by atoms with E-state index in [-0.39, 0.29) is 24.6 Å². The van der Waals surface area contributed by atoms with Crippen LogP contribution in [0.15, 0.2) is 36.4 Å². The van der Waals surface area contributed by atoms with Crippen molar-refractivity contribution < 1.29 is 40.2 Å². The number of ether oxygens (including phenoxy) is 2. The van der Waals surface area contributed by atoms with E-state index in [1.54, 1.807) is 6.07 Å². The molecule has 0 heterocycles. The summed E-state index contributed by atoms with van der Waals surface area (Å²) in [6.07, 6.45) is 4.72. The summed E-state index contributed by atoms with van der Waals surface area (Å²) in [6.45, 7) is 2.27. The minimum absolute atomic E-state index is 0.0704. The molecule has 44 heavy (non-hydrogen) atoms. The van der Waals surface area contributed by atoms with Crippen molar-refractivity contribution in [2.45, 2.75) is 121 Å². The third-order valence-electron chi connectivity index (χ3n) is 10.5. The summed E-state index contributed by atoms with van der Waals surface area (Å²) in [5.41, 5.74) is 1.58. The van der Waals surface area contributed by atoms with Gasteiger partial charge in [0, 0.05) is 6.07 Å². The molecule has 0 saturated heterocycles. The molecule has 9 heteroatoms. The number of alkyl halides is 5. The van der Waals surface area contributed by atoms with Crippen LogP contribution < -0.4 is 9.47 Å². The summed E-state index contributed by atoms with van der Waals surface area (Å²) in [7, 11) is 0. The number of halogens is 7. The van der Waals surface area contributed by atoms with E-state index in [1.165, 1.54) is 51.4 Å². The molecule has 3 aliphatic carbocycles. The molecule has 3 aliphatic rings. The third kappa shape index (κ3) is 8.22. The molecule has 0 radical (unpaired) electrons. The maximum absolute atomic E-state index is 15.4. The van der Waals surface area contributed by atoms with Crippen LogP contribution in [-0.2, 0) is 0 Å². The smallest absolute Gasteiger partial charge is 0.432 e. The standard InChI is InChI=1S/C35H43F7O2/c1-2-3-22-4-6-23(7-5-22)24-8-10-25(11-9-24)27-14-18-30(31(36)20-27)26-12-15-28(16-13-26)34(38,39)43-29-17-19-33(32(37)21-29)44-35(40,41)42/h14,17-26,28H,2-13,15-16H2,1H3. The second-order valence-corrected chi connectivity index (χ2v) is 13.3. The first-order chi connectivity index (χ1) is 20.9. The van der Waals surface area contributed by atoms with E-state index < -0.39 is 35.7 Å². The van der Waals surface area contributed by atoms with Gasteiger partial charge < -0.3 is 9.47 Å². The van der Waals surface area contributed by atoms with E-state index in [9.17, 15) is 26.3 Å². The fourth-order valence-corrected chi connectivity index (χ4v) is 8.14. The fraction of sp³-hybridized carbons (Fsp3) is 0.657. The average Bonchev–Trinajstić information content (AvgIpc) is 2.98. The van der Waals surface area contributed by atoms with Crippen molar-refractivity contribution in [1.82, 2.24) is 0 Å². The Morgan fingerprint density at radius 1 is 0.659 bits per heavy atom. The Morgan fingerprint density at radius 2 is 1.27 bits per heavy atom. The zero-order valence-corrected chi connectivity index (χ0v) is 25.3. The largest absolute Gasteiger partial charge is 0.573 e. The molecular formula is C35H43F7O2. The van der Waals surface area contributed by atoms with Crippen LogP contribution >= 0.6 is 0 Å². The van der Waals surface area contributed by atoms with Gasteiger partial charge in [0.2, 0.25) is 0 Å². The number of rotatable bonds is 9. The summed E-state index contributed by atoms with van der Waals surface area (Å²) in [5, 5.41) is 0. The topological polar surface area (TPSA) is 18.5 Å². The zero-order valence-electron chi connectivity index (χ0n) is 25.3. The van der Waals surface area contributed by atoms with Crippen molar-refractivity contribution in [3.63, 3.8) is 0 Å². The van der Waals surface area contributed by atoms with Gasteiger partial charge in [-0.15, -0.1) is 13.2 Å². The first-order valence-electron chi connectivity index (χ1n) is 16.3. The summed E-state index contributed by atoms with van der Waals surface area (Å²) >= 11 is 0. The van der Waals surface area contributed by atoms with Gasteiger partial charge in [-0.25, -0.2) is 8.78 Å². The second kappa shape index (κ2) is 13.9. The quantitative estimate of drug-likeness (QED) is 0.257. The van der Waals surface area contributed by atoms with Crippen LogP contribution in [0.1, 0.15) is 120 Å². The summed E-state index contributed by atoms with van der Waals surface area (Å²) in [5.74, 6) is -1.94. The van der Waals surface area contributed by atoms with Crippen molar-refractivity contribution in [2.24, 2.45) is 23.7 Å². The van der Waals surface area contributed by atoms with Crippen LogP contribution in [0.2, 0.25) is 0 Å². The maximum Gasteiger partial charge on any atom is 0.573 e. The Hall–Kier alpha value is -2.45. The maximum atomic E-state index is 15.4. The monoisotopic (exact) mass is 628 g/mol. The van der Waals surface area contributed by atoms with Gasteiger partial charge in [-0.3, -0.25) is 0 Å². The molecule has 0 bridgehead atoms. The third-order valence-corrected chi connectivity index (χ3v) is 10.5. The lowest BCUT2D eigenvalue weighted by atomic mass is 9.68. The predicted molar refractivity (Wildman–Crippen MR) is 155 cm³/mol. The highest BCUT2D eigenvalue weighted by Crippen LogP contribution is 2.47. The molecule has 2 aromatic rings. The van der Waals surface area contributed by atoms with Crippen LogP contribution in [0.4, 0.5) is 30.7 Å². The molecule has 5 rings (SSSR count).